The summed E-state index contributed by atoms with van der Waals surface area (Å²) in [6.07, 6.45) is 3.35. The first kappa shape index (κ1) is 20.9. The number of rotatable bonds is 6. The van der Waals surface area contributed by atoms with E-state index in [-0.39, 0.29) is 5.91 Å². The molecule has 1 aromatic heterocycles. The van der Waals surface area contributed by atoms with Crippen LogP contribution >= 0.6 is 11.6 Å². The molecule has 0 spiro atoms. The van der Waals surface area contributed by atoms with Crippen LogP contribution in [0.5, 0.6) is 0 Å². The van der Waals surface area contributed by atoms with Gasteiger partial charge in [-0.25, -0.2) is 0 Å². The Kier molecular flexibility index (Phi) is 6.39. The molecule has 2 aliphatic heterocycles. The summed E-state index contributed by atoms with van der Waals surface area (Å²) in [4.78, 5) is 31.0. The molecule has 8 heteroatoms. The molecule has 1 atom stereocenters. The van der Waals surface area contributed by atoms with Crippen molar-refractivity contribution in [2.75, 3.05) is 50.7 Å². The van der Waals surface area contributed by atoms with Crippen molar-refractivity contribution in [3.63, 3.8) is 0 Å². The Morgan fingerprint density at radius 1 is 1.03 bits per heavy atom. The van der Waals surface area contributed by atoms with Crippen LogP contribution in [0.4, 0.5) is 5.69 Å². The number of halogens is 1. The van der Waals surface area contributed by atoms with Crippen molar-refractivity contribution >= 4 is 23.2 Å². The molecule has 160 valence electrons. The van der Waals surface area contributed by atoms with E-state index in [2.05, 4.69) is 27.1 Å². The summed E-state index contributed by atoms with van der Waals surface area (Å²) in [6, 6.07) is 9.37. The predicted octanol–water partition coefficient (Wildman–Crippen LogP) is 3.54. The van der Waals surface area contributed by atoms with E-state index in [4.69, 9.17) is 11.6 Å². The minimum atomic E-state index is -0.449. The van der Waals surface area contributed by atoms with Crippen LogP contribution in [0.3, 0.4) is 0 Å². The Hall–Kier alpha value is -2.38. The molecule has 1 unspecified atom stereocenters. The number of carbonyl (C=O) groups excluding carboxylic acids is 1. The number of aryl methyl sites for hydroxylation is 1. The monoisotopic (exact) mass is 429 g/mol. The van der Waals surface area contributed by atoms with Gasteiger partial charge in [-0.05, 0) is 49.7 Å². The quantitative estimate of drug-likeness (QED) is 0.659. The fourth-order valence-electron chi connectivity index (χ4n) is 4.51. The lowest BCUT2D eigenvalue weighted by molar-refractivity contribution is 0.0751. The molecule has 1 fully saturated rings. The van der Waals surface area contributed by atoms with Crippen LogP contribution in [-0.4, -0.2) is 66.1 Å². The van der Waals surface area contributed by atoms with Gasteiger partial charge in [0.05, 0.1) is 11.3 Å². The molecule has 1 aromatic carbocycles. The van der Waals surface area contributed by atoms with E-state index in [0.29, 0.717) is 25.1 Å². The number of anilines is 1. The molecule has 2 aromatic rings. The predicted molar refractivity (Wildman–Crippen MR) is 119 cm³/mol. The number of carbonyl (C=O) groups is 1. The van der Waals surface area contributed by atoms with Crippen molar-refractivity contribution in [2.45, 2.75) is 18.9 Å². The Morgan fingerprint density at radius 3 is 2.47 bits per heavy atom. The van der Waals surface area contributed by atoms with E-state index < -0.39 is 6.04 Å². The van der Waals surface area contributed by atoms with E-state index >= 15 is 0 Å². The van der Waals surface area contributed by atoms with Gasteiger partial charge in [0.1, 0.15) is 6.04 Å². The third kappa shape index (κ3) is 4.37. The van der Waals surface area contributed by atoms with Crippen LogP contribution in [0.1, 0.15) is 34.9 Å². The second kappa shape index (κ2) is 9.18. The number of benzene rings is 1. The van der Waals surface area contributed by atoms with Crippen molar-refractivity contribution in [3.8, 4) is 0 Å². The summed E-state index contributed by atoms with van der Waals surface area (Å²) in [7, 11) is 1.86. The molecule has 1 saturated heterocycles. The summed E-state index contributed by atoms with van der Waals surface area (Å²) in [5, 5.41) is 4.03. The Labute approximate surface area is 182 Å². The summed E-state index contributed by atoms with van der Waals surface area (Å²) < 4.78 is 1.85. The van der Waals surface area contributed by atoms with Gasteiger partial charge in [-0.15, -0.1) is 0 Å². The molecular formula is C22H28ClN5O2. The van der Waals surface area contributed by atoms with E-state index in [9.17, 15) is 9.70 Å². The zero-order valence-corrected chi connectivity index (χ0v) is 18.1. The highest BCUT2D eigenvalue weighted by molar-refractivity contribution is 6.30. The maximum absolute atomic E-state index is 13.0. The van der Waals surface area contributed by atoms with Crippen molar-refractivity contribution in [1.29, 1.82) is 0 Å². The fourth-order valence-corrected chi connectivity index (χ4v) is 4.63. The molecule has 2 aliphatic rings. The molecule has 1 amide bonds. The standard InChI is InChI=1S/C22H28ClN5O2/c1-25-11-7-19-21(25)20(24-30)8-12-28(22(19)29)10-2-9-26-13-15-27(16-14-26)18-5-3-17(23)4-6-18/h3-7,11,20H,2,8-10,12-16H2,1H3. The highest BCUT2D eigenvalue weighted by atomic mass is 35.5. The average molecular weight is 430 g/mol. The molecule has 0 bridgehead atoms. The lowest BCUT2D eigenvalue weighted by atomic mass is 10.1. The third-order valence-corrected chi connectivity index (χ3v) is 6.47. The van der Waals surface area contributed by atoms with E-state index in [0.717, 1.165) is 49.9 Å². The summed E-state index contributed by atoms with van der Waals surface area (Å²) >= 11 is 5.98. The summed E-state index contributed by atoms with van der Waals surface area (Å²) in [5.74, 6) is 0.0179. The van der Waals surface area contributed by atoms with Crippen LogP contribution in [0.25, 0.3) is 0 Å². The number of hydrogen-bond acceptors (Lipinski definition) is 5. The molecule has 4 rings (SSSR count). The van der Waals surface area contributed by atoms with Gasteiger partial charge in [0.25, 0.3) is 5.91 Å². The normalized spacial score (nSPS) is 20.2. The van der Waals surface area contributed by atoms with Crippen molar-refractivity contribution in [3.05, 3.63) is 57.7 Å². The van der Waals surface area contributed by atoms with Crippen molar-refractivity contribution in [2.24, 2.45) is 12.2 Å². The number of nitrogens with zero attached hydrogens (tertiary/aromatic N) is 5. The van der Waals surface area contributed by atoms with Crippen LogP contribution in [0, 0.1) is 4.91 Å². The lowest BCUT2D eigenvalue weighted by Gasteiger charge is -2.36. The first-order valence-electron chi connectivity index (χ1n) is 10.6. The van der Waals surface area contributed by atoms with Crippen molar-refractivity contribution in [1.82, 2.24) is 14.4 Å². The molecule has 0 N–H and O–H groups in total. The Balaban J connectivity index is 1.27. The van der Waals surface area contributed by atoms with E-state index in [1.807, 2.05) is 40.9 Å². The summed E-state index contributed by atoms with van der Waals surface area (Å²) in [5.41, 5.74) is 2.58. The maximum Gasteiger partial charge on any atom is 0.255 e. The number of piperazine rings is 1. The van der Waals surface area contributed by atoms with Gasteiger partial charge >= 0.3 is 0 Å². The second-order valence-corrected chi connectivity index (χ2v) is 8.52. The van der Waals surface area contributed by atoms with Gasteiger partial charge in [0.2, 0.25) is 0 Å². The first-order valence-corrected chi connectivity index (χ1v) is 10.9. The minimum Gasteiger partial charge on any atom is -0.369 e. The van der Waals surface area contributed by atoms with Gasteiger partial charge < -0.3 is 14.4 Å². The van der Waals surface area contributed by atoms with Crippen molar-refractivity contribution < 1.29 is 4.79 Å². The Morgan fingerprint density at radius 2 is 1.77 bits per heavy atom. The van der Waals surface area contributed by atoms with Gasteiger partial charge in [-0.1, -0.05) is 16.8 Å². The number of fused-ring (bicyclic) bond motifs is 1. The van der Waals surface area contributed by atoms with Crippen LogP contribution in [0.2, 0.25) is 5.02 Å². The average Bonchev–Trinajstić information content (AvgIpc) is 3.08. The number of aromatic nitrogens is 1. The van der Waals surface area contributed by atoms with Gasteiger partial charge in [-0.2, -0.15) is 4.91 Å². The second-order valence-electron chi connectivity index (χ2n) is 8.09. The zero-order valence-electron chi connectivity index (χ0n) is 17.3. The first-order chi connectivity index (χ1) is 14.6. The number of hydrogen-bond donors (Lipinski definition) is 0. The Bertz CT molecular complexity index is 889. The largest absolute Gasteiger partial charge is 0.369 e. The molecule has 0 radical (unpaired) electrons. The molecule has 30 heavy (non-hydrogen) atoms. The van der Waals surface area contributed by atoms with Gasteiger partial charge in [-0.3, -0.25) is 9.69 Å². The van der Waals surface area contributed by atoms with Gasteiger partial charge in [0, 0.05) is 63.2 Å². The maximum atomic E-state index is 13.0. The number of amides is 1. The molecule has 3 heterocycles. The molecule has 0 aliphatic carbocycles. The third-order valence-electron chi connectivity index (χ3n) is 6.22. The zero-order chi connectivity index (χ0) is 21.1. The molecule has 0 saturated carbocycles. The van der Waals surface area contributed by atoms with Crippen LogP contribution in [0.15, 0.2) is 41.7 Å². The minimum absolute atomic E-state index is 0.0179. The van der Waals surface area contributed by atoms with Gasteiger partial charge in [0.15, 0.2) is 0 Å². The lowest BCUT2D eigenvalue weighted by Crippen LogP contribution is -2.47. The smallest absolute Gasteiger partial charge is 0.255 e. The highest BCUT2D eigenvalue weighted by Crippen LogP contribution is 2.30. The summed E-state index contributed by atoms with van der Waals surface area (Å²) in [6.45, 7) is 6.25. The van der Waals surface area contributed by atoms with Crippen LogP contribution in [-0.2, 0) is 7.05 Å². The van der Waals surface area contributed by atoms with E-state index in [1.165, 1.54) is 5.69 Å². The number of nitroso groups, excluding NO2 is 1. The van der Waals surface area contributed by atoms with E-state index in [1.54, 1.807) is 0 Å². The highest BCUT2D eigenvalue weighted by Gasteiger charge is 2.31. The fraction of sp³-hybridized carbons (Fsp3) is 0.500. The topological polar surface area (TPSA) is 61.2 Å². The molecular weight excluding hydrogens is 402 g/mol. The molecule has 7 nitrogen and oxygen atoms in total. The SMILES string of the molecule is Cn1ccc2c1C(N=O)CCN(CCCN1CCN(c3ccc(Cl)cc3)CC1)C2=O. The van der Waals surface area contributed by atoms with Crippen LogP contribution < -0.4 is 4.90 Å².